The maximum absolute atomic E-state index is 14.0. The molecule has 1 aliphatic rings. The van der Waals surface area contributed by atoms with Crippen molar-refractivity contribution < 1.29 is 23.5 Å². The molecule has 5 rings (SSSR count). The number of hydrogen-bond donors (Lipinski definition) is 1. The Morgan fingerprint density at radius 3 is 2.68 bits per heavy atom. The SMILES string of the molecule is CCOc1ccc(N(C(=O)Cn2nnc3ccccc32)[C@@H](C(=O)NC[C@H]2CCCO2)c2ccc(C)o2)cc1. The van der Waals surface area contributed by atoms with Crippen LogP contribution in [0, 0.1) is 6.92 Å². The summed E-state index contributed by atoms with van der Waals surface area (Å²) in [7, 11) is 0. The van der Waals surface area contributed by atoms with Crippen molar-refractivity contribution in [1.82, 2.24) is 20.3 Å². The number of anilines is 1. The Morgan fingerprint density at radius 2 is 1.97 bits per heavy atom. The van der Waals surface area contributed by atoms with Gasteiger partial charge >= 0.3 is 0 Å². The first kappa shape index (κ1) is 25.5. The topological polar surface area (TPSA) is 112 Å². The minimum Gasteiger partial charge on any atom is -0.494 e. The van der Waals surface area contributed by atoms with E-state index < -0.39 is 6.04 Å². The van der Waals surface area contributed by atoms with Crippen molar-refractivity contribution in [2.45, 2.75) is 45.4 Å². The van der Waals surface area contributed by atoms with Crippen molar-refractivity contribution in [2.75, 3.05) is 24.7 Å². The fourth-order valence-electron chi connectivity index (χ4n) is 4.64. The molecule has 2 aromatic carbocycles. The molecule has 1 saturated heterocycles. The Balaban J connectivity index is 1.51. The molecule has 2 amide bonds. The molecule has 4 aromatic rings. The number of para-hydroxylation sites is 1. The van der Waals surface area contributed by atoms with Gasteiger partial charge in [0.2, 0.25) is 5.91 Å². The molecule has 10 heteroatoms. The molecule has 1 fully saturated rings. The lowest BCUT2D eigenvalue weighted by Crippen LogP contribution is -2.46. The van der Waals surface area contributed by atoms with Gasteiger partial charge in [0.15, 0.2) is 6.04 Å². The number of nitrogens with zero attached hydrogens (tertiary/aromatic N) is 4. The largest absolute Gasteiger partial charge is 0.494 e. The van der Waals surface area contributed by atoms with Crippen molar-refractivity contribution in [3.63, 3.8) is 0 Å². The van der Waals surface area contributed by atoms with E-state index in [9.17, 15) is 9.59 Å². The predicted octanol–water partition coefficient (Wildman–Crippen LogP) is 3.80. The van der Waals surface area contributed by atoms with E-state index in [2.05, 4.69) is 15.6 Å². The summed E-state index contributed by atoms with van der Waals surface area (Å²) in [6, 6.07) is 16.9. The molecule has 38 heavy (non-hydrogen) atoms. The highest BCUT2D eigenvalue weighted by molar-refractivity contribution is 6.01. The molecule has 0 spiro atoms. The maximum atomic E-state index is 14.0. The van der Waals surface area contributed by atoms with E-state index in [4.69, 9.17) is 13.9 Å². The Kier molecular flexibility index (Phi) is 7.69. The van der Waals surface area contributed by atoms with Gasteiger partial charge in [0.25, 0.3) is 5.91 Å². The first-order valence-corrected chi connectivity index (χ1v) is 12.8. The Hall–Kier alpha value is -4.18. The standard InChI is InChI=1S/C28H31N5O5/c1-3-36-21-13-11-20(12-14-21)33(26(34)18-32-24-9-5-4-8-23(24)30-31-32)27(25-15-10-19(2)38-25)28(35)29-17-22-7-6-16-37-22/h4-5,8-15,22,27H,3,6-7,16-18H2,1-2H3,(H,29,35)/t22-,27-/m1/s1. The number of rotatable bonds is 10. The average molecular weight is 518 g/mol. The second-order valence-corrected chi connectivity index (χ2v) is 9.16. The van der Waals surface area contributed by atoms with Gasteiger partial charge in [0, 0.05) is 18.8 Å². The number of nitrogens with one attached hydrogen (secondary N) is 1. The third-order valence-corrected chi connectivity index (χ3v) is 6.46. The molecule has 198 valence electrons. The van der Waals surface area contributed by atoms with Gasteiger partial charge in [0.05, 0.1) is 18.2 Å². The van der Waals surface area contributed by atoms with Gasteiger partial charge in [-0.3, -0.25) is 14.5 Å². The fourth-order valence-corrected chi connectivity index (χ4v) is 4.64. The van der Waals surface area contributed by atoms with Crippen LogP contribution in [0.2, 0.25) is 0 Å². The Labute approximate surface area is 220 Å². The number of amides is 2. The summed E-state index contributed by atoms with van der Waals surface area (Å²) < 4.78 is 18.7. The lowest BCUT2D eigenvalue weighted by molar-refractivity contribution is -0.127. The highest BCUT2D eigenvalue weighted by Gasteiger charge is 2.36. The minimum absolute atomic E-state index is 0.0472. The van der Waals surface area contributed by atoms with Crippen LogP contribution >= 0.6 is 0 Å². The van der Waals surface area contributed by atoms with Gasteiger partial charge in [0.1, 0.15) is 29.3 Å². The van der Waals surface area contributed by atoms with Gasteiger partial charge in [-0.2, -0.15) is 0 Å². The molecule has 1 aliphatic heterocycles. The smallest absolute Gasteiger partial charge is 0.251 e. The van der Waals surface area contributed by atoms with E-state index in [0.29, 0.717) is 48.2 Å². The normalized spacial score (nSPS) is 15.9. The van der Waals surface area contributed by atoms with Crippen molar-refractivity contribution in [3.8, 4) is 5.75 Å². The summed E-state index contributed by atoms with van der Waals surface area (Å²) in [6.45, 7) is 5.14. The summed E-state index contributed by atoms with van der Waals surface area (Å²) in [4.78, 5) is 29.2. The van der Waals surface area contributed by atoms with Gasteiger partial charge in [-0.1, -0.05) is 17.3 Å². The maximum Gasteiger partial charge on any atom is 0.251 e. The van der Waals surface area contributed by atoms with Crippen LogP contribution in [0.3, 0.4) is 0 Å². The predicted molar refractivity (Wildman–Crippen MR) is 141 cm³/mol. The number of carbonyl (C=O) groups is 2. The monoisotopic (exact) mass is 517 g/mol. The molecule has 10 nitrogen and oxygen atoms in total. The molecule has 0 radical (unpaired) electrons. The number of hydrogen-bond acceptors (Lipinski definition) is 7. The molecule has 0 saturated carbocycles. The third-order valence-electron chi connectivity index (χ3n) is 6.46. The van der Waals surface area contributed by atoms with Gasteiger partial charge < -0.3 is 19.2 Å². The molecule has 0 bridgehead atoms. The lowest BCUT2D eigenvalue weighted by atomic mass is 10.1. The number of aromatic nitrogens is 3. The van der Waals surface area contributed by atoms with Crippen LogP contribution in [0.15, 0.2) is 65.1 Å². The van der Waals surface area contributed by atoms with Crippen LogP contribution in [0.1, 0.15) is 37.3 Å². The van der Waals surface area contributed by atoms with Gasteiger partial charge in [-0.15, -0.1) is 5.10 Å². The van der Waals surface area contributed by atoms with Gasteiger partial charge in [-0.25, -0.2) is 4.68 Å². The summed E-state index contributed by atoms with van der Waals surface area (Å²) in [5.41, 5.74) is 1.93. The number of benzene rings is 2. The zero-order valence-electron chi connectivity index (χ0n) is 21.5. The lowest BCUT2D eigenvalue weighted by Gasteiger charge is -2.30. The van der Waals surface area contributed by atoms with E-state index >= 15 is 0 Å². The van der Waals surface area contributed by atoms with Crippen LogP contribution in [0.25, 0.3) is 11.0 Å². The summed E-state index contributed by atoms with van der Waals surface area (Å²) in [5.74, 6) is 0.951. The zero-order valence-corrected chi connectivity index (χ0v) is 21.5. The van der Waals surface area contributed by atoms with E-state index in [1.54, 1.807) is 43.3 Å². The molecule has 0 aliphatic carbocycles. The highest BCUT2D eigenvalue weighted by Crippen LogP contribution is 2.31. The Morgan fingerprint density at radius 1 is 1.16 bits per heavy atom. The number of carbonyl (C=O) groups excluding carboxylic acids is 2. The quantitative estimate of drug-likeness (QED) is 0.341. The number of ether oxygens (including phenoxy) is 2. The molecule has 1 N–H and O–H groups in total. The first-order chi connectivity index (χ1) is 18.5. The van der Waals surface area contributed by atoms with E-state index in [0.717, 1.165) is 18.4 Å². The van der Waals surface area contributed by atoms with Crippen LogP contribution in [0.5, 0.6) is 5.75 Å². The summed E-state index contributed by atoms with van der Waals surface area (Å²) in [6.07, 6.45) is 1.80. The molecule has 0 unspecified atom stereocenters. The van der Waals surface area contributed by atoms with E-state index in [1.807, 2.05) is 31.2 Å². The van der Waals surface area contributed by atoms with Crippen LogP contribution < -0.4 is 15.0 Å². The van der Waals surface area contributed by atoms with Crippen molar-refractivity contribution >= 4 is 28.5 Å². The van der Waals surface area contributed by atoms with Crippen molar-refractivity contribution in [3.05, 3.63) is 72.2 Å². The Bertz CT molecular complexity index is 1390. The van der Waals surface area contributed by atoms with Crippen LogP contribution in [-0.4, -0.2) is 52.7 Å². The molecule has 3 heterocycles. The molecular formula is C28H31N5O5. The summed E-state index contributed by atoms with van der Waals surface area (Å²) >= 11 is 0. The van der Waals surface area contributed by atoms with Crippen LogP contribution in [-0.2, 0) is 20.9 Å². The van der Waals surface area contributed by atoms with Crippen molar-refractivity contribution in [1.29, 1.82) is 0 Å². The number of furan rings is 1. The second kappa shape index (κ2) is 11.5. The molecule has 2 aromatic heterocycles. The third kappa shape index (κ3) is 5.55. The first-order valence-electron chi connectivity index (χ1n) is 12.8. The van der Waals surface area contributed by atoms with E-state index in [-0.39, 0.29) is 24.5 Å². The van der Waals surface area contributed by atoms with Crippen molar-refractivity contribution in [2.24, 2.45) is 0 Å². The second-order valence-electron chi connectivity index (χ2n) is 9.16. The number of aryl methyl sites for hydroxylation is 1. The summed E-state index contributed by atoms with van der Waals surface area (Å²) in [5, 5.41) is 11.3. The molecular weight excluding hydrogens is 486 g/mol. The minimum atomic E-state index is -1.05. The van der Waals surface area contributed by atoms with E-state index in [1.165, 1.54) is 9.58 Å². The zero-order chi connectivity index (χ0) is 26.5. The number of fused-ring (bicyclic) bond motifs is 1. The fraction of sp³-hybridized carbons (Fsp3) is 0.357. The van der Waals surface area contributed by atoms with Gasteiger partial charge in [-0.05, 0) is 75.2 Å². The highest BCUT2D eigenvalue weighted by atomic mass is 16.5. The average Bonchev–Trinajstić information content (AvgIpc) is 3.69. The van der Waals surface area contributed by atoms with Crippen LogP contribution in [0.4, 0.5) is 5.69 Å². The molecule has 2 atom stereocenters.